The van der Waals surface area contributed by atoms with Crippen LogP contribution in [0.5, 0.6) is 5.75 Å². The van der Waals surface area contributed by atoms with Gasteiger partial charge in [-0.3, -0.25) is 9.52 Å². The number of hydrogen-bond acceptors (Lipinski definition) is 7. The van der Waals surface area contributed by atoms with E-state index in [9.17, 15) is 14.1 Å². The molecule has 3 heterocycles. The summed E-state index contributed by atoms with van der Waals surface area (Å²) in [6.45, 7) is 10.3. The minimum absolute atomic E-state index is 0.175. The summed E-state index contributed by atoms with van der Waals surface area (Å²) >= 11 is 6.39. The number of carbonyl (C=O) groups excluding carboxylic acids is 2. The number of anilines is 1. The highest BCUT2D eigenvalue weighted by Gasteiger charge is 2.44. The van der Waals surface area contributed by atoms with Crippen molar-refractivity contribution in [3.63, 3.8) is 0 Å². The molecule has 6 unspecified atom stereocenters. The molecule has 2 N–H and O–H groups in total. The second kappa shape index (κ2) is 16.5. The fourth-order valence-corrected chi connectivity index (χ4v) is 9.13. The molecule has 8 nitrogen and oxygen atoms in total. The molecule has 0 radical (unpaired) electrons. The number of ether oxygens (including phenoxy) is 1. The van der Waals surface area contributed by atoms with E-state index in [-0.39, 0.29) is 34.5 Å². The van der Waals surface area contributed by atoms with E-state index in [4.69, 9.17) is 21.1 Å². The molecule has 5 aliphatic rings. The molecule has 2 aromatic rings. The predicted molar refractivity (Wildman–Crippen MR) is 194 cm³/mol. The van der Waals surface area contributed by atoms with Crippen molar-refractivity contribution in [1.82, 2.24) is 9.62 Å². The number of hydrogen-bond donors (Lipinski definition) is 2. The Bertz CT molecular complexity index is 1450. The van der Waals surface area contributed by atoms with Crippen LogP contribution in [0.3, 0.4) is 0 Å². The number of carbonyl (C=O) groups is 2. The van der Waals surface area contributed by atoms with Crippen LogP contribution in [0.25, 0.3) is 0 Å². The Hall–Kier alpha value is -2.46. The van der Waals surface area contributed by atoms with Gasteiger partial charge in [-0.25, -0.2) is 4.21 Å². The Balaban J connectivity index is 0.000000501. The van der Waals surface area contributed by atoms with Gasteiger partial charge in [0.15, 0.2) is 0 Å². The Kier molecular flexibility index (Phi) is 12.7. The van der Waals surface area contributed by atoms with Crippen LogP contribution >= 0.6 is 11.6 Å². The lowest BCUT2D eigenvalue weighted by Crippen LogP contribution is -2.49. The van der Waals surface area contributed by atoms with E-state index in [0.29, 0.717) is 18.1 Å². The third kappa shape index (κ3) is 8.45. The lowest BCUT2D eigenvalue weighted by atomic mass is 9.68. The molecule has 2 fully saturated rings. The molecule has 10 heteroatoms. The first-order chi connectivity index (χ1) is 23.0. The predicted octanol–water partition coefficient (Wildman–Crippen LogP) is 6.33. The Morgan fingerprint density at radius 1 is 1.06 bits per heavy atom. The number of benzene rings is 2. The first-order valence-electron chi connectivity index (χ1n) is 17.8. The average Bonchev–Trinajstić information content (AvgIpc) is 3.18. The van der Waals surface area contributed by atoms with Gasteiger partial charge >= 0.3 is 0 Å². The van der Waals surface area contributed by atoms with Gasteiger partial charge in [0.05, 0.1) is 23.6 Å². The molecule has 3 aliphatic heterocycles. The summed E-state index contributed by atoms with van der Waals surface area (Å²) in [7, 11) is 0.646. The quantitative estimate of drug-likeness (QED) is 0.310. The van der Waals surface area contributed by atoms with Crippen molar-refractivity contribution in [2.45, 2.75) is 95.3 Å². The van der Waals surface area contributed by atoms with Crippen molar-refractivity contribution in [3.05, 3.63) is 58.1 Å². The smallest absolute Gasteiger partial charge is 0.263 e. The molecule has 264 valence electrons. The molecule has 2 bridgehead atoms. The zero-order chi connectivity index (χ0) is 34.4. The number of aliphatic hydroxyl groups is 1. The van der Waals surface area contributed by atoms with E-state index in [2.05, 4.69) is 40.6 Å². The highest BCUT2D eigenvalue weighted by Crippen LogP contribution is 2.47. The number of likely N-dealkylation sites (tertiary alicyclic amines) is 1. The maximum absolute atomic E-state index is 13.3. The van der Waals surface area contributed by atoms with Crippen LogP contribution in [0.1, 0.15) is 93.6 Å². The summed E-state index contributed by atoms with van der Waals surface area (Å²) in [6, 6.07) is 11.9. The van der Waals surface area contributed by atoms with E-state index in [1.54, 1.807) is 6.07 Å². The zero-order valence-electron chi connectivity index (χ0n) is 29.1. The summed E-state index contributed by atoms with van der Waals surface area (Å²) in [4.78, 5) is 26.8. The van der Waals surface area contributed by atoms with Gasteiger partial charge in [0.1, 0.15) is 23.0 Å². The van der Waals surface area contributed by atoms with Gasteiger partial charge in [0.2, 0.25) is 0 Å². The zero-order valence-corrected chi connectivity index (χ0v) is 30.7. The lowest BCUT2D eigenvalue weighted by Gasteiger charge is -2.46. The van der Waals surface area contributed by atoms with Crippen LogP contribution in [0.15, 0.2) is 36.4 Å². The van der Waals surface area contributed by atoms with Crippen molar-refractivity contribution < 1.29 is 23.6 Å². The number of aliphatic hydroxyl groups excluding tert-OH is 1. The molecule has 1 spiro atoms. The van der Waals surface area contributed by atoms with Gasteiger partial charge in [0, 0.05) is 29.1 Å². The molecule has 1 saturated carbocycles. The number of aryl methyl sites for hydroxylation is 1. The van der Waals surface area contributed by atoms with Crippen LogP contribution in [-0.2, 0) is 27.6 Å². The number of rotatable bonds is 0. The summed E-state index contributed by atoms with van der Waals surface area (Å²) in [5.41, 5.74) is 3.82. The fraction of sp³-hybridized carbons (Fsp3) is 0.632. The number of halogens is 1. The number of fused-ring (bicyclic) bond motifs is 4. The highest BCUT2D eigenvalue weighted by atomic mass is 35.5. The number of nitrogens with zero attached hydrogens (tertiary/aromatic N) is 2. The van der Waals surface area contributed by atoms with Gasteiger partial charge in [-0.05, 0) is 145 Å². The Morgan fingerprint density at radius 2 is 1.81 bits per heavy atom. The van der Waals surface area contributed by atoms with Crippen LogP contribution in [-0.4, -0.2) is 77.6 Å². The van der Waals surface area contributed by atoms with Gasteiger partial charge in [0.25, 0.3) is 5.91 Å². The molecular weight excluding hydrogens is 646 g/mol. The van der Waals surface area contributed by atoms with Crippen molar-refractivity contribution in [3.8, 4) is 5.75 Å². The minimum atomic E-state index is -1.50. The van der Waals surface area contributed by atoms with Gasteiger partial charge in [-0.15, -0.1) is 0 Å². The first kappa shape index (κ1) is 36.8. The molecule has 48 heavy (non-hydrogen) atoms. The fourth-order valence-electron chi connectivity index (χ4n) is 7.89. The number of aldehydes is 1. The van der Waals surface area contributed by atoms with Crippen LogP contribution in [0.4, 0.5) is 5.69 Å². The second-order valence-electron chi connectivity index (χ2n) is 14.6. The lowest BCUT2D eigenvalue weighted by molar-refractivity contribution is -0.106. The molecule has 7 atom stereocenters. The van der Waals surface area contributed by atoms with Crippen molar-refractivity contribution >= 4 is 40.5 Å². The normalized spacial score (nSPS) is 31.7. The van der Waals surface area contributed by atoms with Crippen molar-refractivity contribution in [2.24, 2.45) is 17.8 Å². The van der Waals surface area contributed by atoms with Gasteiger partial charge in [-0.2, -0.15) is 0 Å². The largest absolute Gasteiger partial charge is 0.490 e. The monoisotopic (exact) mass is 699 g/mol. The Labute approximate surface area is 294 Å². The van der Waals surface area contributed by atoms with Gasteiger partial charge < -0.3 is 24.4 Å². The average molecular weight is 700 g/mol. The maximum Gasteiger partial charge on any atom is 0.263 e. The summed E-state index contributed by atoms with van der Waals surface area (Å²) in [5.74, 6) is 1.30. The molecule has 1 amide bonds. The third-order valence-electron chi connectivity index (χ3n) is 11.3. The second-order valence-corrected chi connectivity index (χ2v) is 16.6. The first-order valence-corrected chi connectivity index (χ1v) is 19.4. The minimum Gasteiger partial charge on any atom is -0.490 e. The van der Waals surface area contributed by atoms with E-state index in [1.807, 2.05) is 25.1 Å². The molecule has 1 saturated heterocycles. The molecule has 2 aliphatic carbocycles. The van der Waals surface area contributed by atoms with Crippen LogP contribution in [0.2, 0.25) is 5.02 Å². The SMILES string of the molecule is CC1CCCC(O)C2CCC2CN2C[C@@]3(CCCc4cc(Cl)ccc43)COc3ccc(cc32)C(=O)NS(=O)C1C.CC=O.CN1CCC1. The molecule has 2 aromatic carbocycles. The summed E-state index contributed by atoms with van der Waals surface area (Å²) < 4.78 is 22.4. The van der Waals surface area contributed by atoms with Crippen molar-refractivity contribution in [1.29, 1.82) is 0 Å². The van der Waals surface area contributed by atoms with Crippen LogP contribution < -0.4 is 14.4 Å². The highest BCUT2D eigenvalue weighted by molar-refractivity contribution is 7.84. The number of amides is 1. The Morgan fingerprint density at radius 3 is 2.48 bits per heavy atom. The number of nitrogens with one attached hydrogen (secondary N) is 1. The van der Waals surface area contributed by atoms with E-state index < -0.39 is 11.0 Å². The molecule has 7 rings (SSSR count). The van der Waals surface area contributed by atoms with Crippen LogP contribution in [0, 0.1) is 17.8 Å². The molecule has 0 aromatic heterocycles. The van der Waals surface area contributed by atoms with Crippen molar-refractivity contribution in [2.75, 3.05) is 44.7 Å². The maximum atomic E-state index is 13.3. The van der Waals surface area contributed by atoms with Gasteiger partial charge in [-0.1, -0.05) is 31.0 Å². The van der Waals surface area contributed by atoms with E-state index >= 15 is 0 Å². The molecular formula is C38H54ClN3O5S. The summed E-state index contributed by atoms with van der Waals surface area (Å²) in [5, 5.41) is 11.8. The van der Waals surface area contributed by atoms with E-state index in [0.717, 1.165) is 87.2 Å². The standard InChI is InChI=1S/C32H41ClN2O4S.C4H9N.C2H4O/c1-20-5-3-7-29(36)26-11-8-24(26)17-35-18-32(14-4-6-22-15-25(33)10-12-27(22)32)19-39-30-13-9-23(16-28(30)35)31(37)34-40(38)21(20)2;1-5-3-2-4-5;1-2-3/h9-10,12-13,15-16,20-21,24,26,29,36H,3-8,11,14,17-19H2,1-2H3,(H,34,37);2-4H2,1H3;2H,1H3/t20?,21?,24?,26?,29?,32-,40?;;/m0../s1. The summed E-state index contributed by atoms with van der Waals surface area (Å²) in [6.07, 6.45) is 9.63. The van der Waals surface area contributed by atoms with E-state index in [1.165, 1.54) is 37.6 Å². The third-order valence-corrected chi connectivity index (χ3v) is 13.1. The topological polar surface area (TPSA) is 99.2 Å².